The first-order chi connectivity index (χ1) is 11.6. The molecule has 0 bridgehead atoms. The second-order valence-corrected chi connectivity index (χ2v) is 7.15. The SMILES string of the molecule is Cc1ccccc1-c1nnc2n1N=C(c1ccc(Cl)c(Cl)c1)CS2. The van der Waals surface area contributed by atoms with E-state index in [-0.39, 0.29) is 0 Å². The third-order valence-corrected chi connectivity index (χ3v) is 5.48. The van der Waals surface area contributed by atoms with Gasteiger partial charge in [-0.2, -0.15) is 9.78 Å². The zero-order chi connectivity index (χ0) is 16.7. The predicted molar refractivity (Wildman–Crippen MR) is 99.3 cm³/mol. The Morgan fingerprint density at radius 3 is 2.67 bits per heavy atom. The van der Waals surface area contributed by atoms with Crippen LogP contribution in [0.25, 0.3) is 11.4 Å². The minimum atomic E-state index is 0.524. The first kappa shape index (κ1) is 15.7. The Balaban J connectivity index is 1.82. The molecule has 120 valence electrons. The lowest BCUT2D eigenvalue weighted by molar-refractivity contribution is 0.762. The van der Waals surface area contributed by atoms with Gasteiger partial charge in [-0.1, -0.05) is 65.3 Å². The van der Waals surface area contributed by atoms with Crippen molar-refractivity contribution in [1.82, 2.24) is 14.9 Å². The van der Waals surface area contributed by atoms with Crippen molar-refractivity contribution in [2.75, 3.05) is 5.75 Å². The number of aryl methyl sites for hydroxylation is 1. The van der Waals surface area contributed by atoms with Crippen molar-refractivity contribution in [3.05, 3.63) is 63.6 Å². The van der Waals surface area contributed by atoms with Crippen LogP contribution in [-0.2, 0) is 0 Å². The molecular weight excluding hydrogens is 363 g/mol. The molecule has 0 N–H and O–H groups in total. The van der Waals surface area contributed by atoms with Gasteiger partial charge in [0.25, 0.3) is 0 Å². The number of fused-ring (bicyclic) bond motifs is 1. The van der Waals surface area contributed by atoms with Gasteiger partial charge in [-0.25, -0.2) is 0 Å². The highest BCUT2D eigenvalue weighted by Gasteiger charge is 2.21. The monoisotopic (exact) mass is 374 g/mol. The molecule has 0 spiro atoms. The van der Waals surface area contributed by atoms with Crippen LogP contribution < -0.4 is 0 Å². The number of nitrogens with zero attached hydrogens (tertiary/aromatic N) is 4. The topological polar surface area (TPSA) is 43.1 Å². The van der Waals surface area contributed by atoms with E-state index >= 15 is 0 Å². The molecule has 0 atom stereocenters. The summed E-state index contributed by atoms with van der Waals surface area (Å²) in [5.74, 6) is 1.46. The lowest BCUT2D eigenvalue weighted by atomic mass is 10.1. The Morgan fingerprint density at radius 2 is 1.88 bits per heavy atom. The van der Waals surface area contributed by atoms with E-state index in [1.165, 1.54) is 0 Å². The molecular formula is C17H12Cl2N4S. The van der Waals surface area contributed by atoms with E-state index in [0.29, 0.717) is 15.8 Å². The van der Waals surface area contributed by atoms with E-state index < -0.39 is 0 Å². The number of halogens is 2. The van der Waals surface area contributed by atoms with Crippen LogP contribution in [0.3, 0.4) is 0 Å². The molecule has 1 aromatic heterocycles. The van der Waals surface area contributed by atoms with Crippen LogP contribution in [0.5, 0.6) is 0 Å². The van der Waals surface area contributed by atoms with Gasteiger partial charge in [0.05, 0.1) is 15.8 Å². The van der Waals surface area contributed by atoms with E-state index in [1.807, 2.05) is 30.3 Å². The van der Waals surface area contributed by atoms with Gasteiger partial charge in [-0.05, 0) is 24.6 Å². The largest absolute Gasteiger partial charge is 0.212 e. The molecule has 0 saturated heterocycles. The zero-order valence-electron chi connectivity index (χ0n) is 12.7. The van der Waals surface area contributed by atoms with E-state index in [4.69, 9.17) is 28.3 Å². The highest BCUT2D eigenvalue weighted by molar-refractivity contribution is 7.99. The first-order valence-electron chi connectivity index (χ1n) is 7.31. The van der Waals surface area contributed by atoms with Crippen molar-refractivity contribution < 1.29 is 0 Å². The number of hydrogen-bond acceptors (Lipinski definition) is 4. The molecule has 4 rings (SSSR count). The van der Waals surface area contributed by atoms with Crippen molar-refractivity contribution in [2.24, 2.45) is 5.10 Å². The molecule has 4 nitrogen and oxygen atoms in total. The van der Waals surface area contributed by atoms with E-state index in [0.717, 1.165) is 33.4 Å². The van der Waals surface area contributed by atoms with Crippen LogP contribution >= 0.6 is 35.0 Å². The summed E-state index contributed by atoms with van der Waals surface area (Å²) in [5.41, 5.74) is 4.03. The molecule has 2 heterocycles. The molecule has 24 heavy (non-hydrogen) atoms. The fraction of sp³-hybridized carbons (Fsp3) is 0.118. The second-order valence-electron chi connectivity index (χ2n) is 5.40. The summed E-state index contributed by atoms with van der Waals surface area (Å²) in [7, 11) is 0. The molecule has 0 saturated carbocycles. The molecule has 1 aliphatic rings. The fourth-order valence-corrected chi connectivity index (χ4v) is 3.67. The second kappa shape index (κ2) is 6.24. The van der Waals surface area contributed by atoms with Crippen LogP contribution in [0.4, 0.5) is 0 Å². The highest BCUT2D eigenvalue weighted by Crippen LogP contribution is 2.31. The van der Waals surface area contributed by atoms with E-state index in [9.17, 15) is 0 Å². The molecule has 0 aliphatic carbocycles. The maximum absolute atomic E-state index is 6.13. The number of benzene rings is 2. The average molecular weight is 375 g/mol. The highest BCUT2D eigenvalue weighted by atomic mass is 35.5. The van der Waals surface area contributed by atoms with Crippen molar-refractivity contribution in [1.29, 1.82) is 0 Å². The van der Waals surface area contributed by atoms with Gasteiger partial charge in [0.15, 0.2) is 5.82 Å². The molecule has 0 amide bonds. The summed E-state index contributed by atoms with van der Waals surface area (Å²) < 4.78 is 1.80. The Hall–Kier alpha value is -1.82. The lowest BCUT2D eigenvalue weighted by Crippen LogP contribution is -2.14. The van der Waals surface area contributed by atoms with Crippen LogP contribution in [0.2, 0.25) is 10.0 Å². The third-order valence-electron chi connectivity index (χ3n) is 3.81. The Bertz CT molecular complexity index is 965. The fourth-order valence-electron chi connectivity index (χ4n) is 2.54. The molecule has 2 aromatic carbocycles. The summed E-state index contributed by atoms with van der Waals surface area (Å²) in [6.45, 7) is 2.05. The van der Waals surface area contributed by atoms with E-state index in [1.54, 1.807) is 22.5 Å². The maximum Gasteiger partial charge on any atom is 0.212 e. The van der Waals surface area contributed by atoms with E-state index in [2.05, 4.69) is 23.2 Å². The number of thioether (sulfide) groups is 1. The molecule has 3 aromatic rings. The average Bonchev–Trinajstić information content (AvgIpc) is 3.01. The summed E-state index contributed by atoms with van der Waals surface area (Å²) in [6, 6.07) is 13.6. The van der Waals surface area contributed by atoms with Crippen LogP contribution in [0.15, 0.2) is 52.7 Å². The van der Waals surface area contributed by atoms with Gasteiger partial charge in [0.2, 0.25) is 5.16 Å². The predicted octanol–water partition coefficient (Wildman–Crippen LogP) is 4.92. The minimum absolute atomic E-state index is 0.524. The van der Waals surface area contributed by atoms with Crippen molar-refractivity contribution in [3.8, 4) is 11.4 Å². The molecule has 0 radical (unpaired) electrons. The van der Waals surface area contributed by atoms with Crippen molar-refractivity contribution >= 4 is 40.7 Å². The van der Waals surface area contributed by atoms with Crippen LogP contribution in [0.1, 0.15) is 11.1 Å². The minimum Gasteiger partial charge on any atom is -0.187 e. The van der Waals surface area contributed by atoms with Gasteiger partial charge in [0, 0.05) is 16.9 Å². The summed E-state index contributed by atoms with van der Waals surface area (Å²) >= 11 is 13.7. The van der Waals surface area contributed by atoms with Crippen LogP contribution in [0, 0.1) is 6.92 Å². The maximum atomic E-state index is 6.13. The lowest BCUT2D eigenvalue weighted by Gasteiger charge is -2.15. The van der Waals surface area contributed by atoms with Crippen LogP contribution in [-0.4, -0.2) is 26.3 Å². The Labute approximate surface area is 153 Å². The molecule has 7 heteroatoms. The quantitative estimate of drug-likeness (QED) is 0.639. The first-order valence-corrected chi connectivity index (χ1v) is 9.05. The molecule has 0 fully saturated rings. The number of aromatic nitrogens is 3. The molecule has 1 aliphatic heterocycles. The third kappa shape index (κ3) is 2.73. The summed E-state index contributed by atoms with van der Waals surface area (Å²) in [5, 5.41) is 15.2. The molecule has 0 unspecified atom stereocenters. The normalized spacial score (nSPS) is 13.5. The number of rotatable bonds is 2. The van der Waals surface area contributed by atoms with Gasteiger partial charge in [-0.15, -0.1) is 10.2 Å². The van der Waals surface area contributed by atoms with Gasteiger partial charge < -0.3 is 0 Å². The van der Waals surface area contributed by atoms with Crippen molar-refractivity contribution in [3.63, 3.8) is 0 Å². The summed E-state index contributed by atoms with van der Waals surface area (Å²) in [4.78, 5) is 0. The van der Waals surface area contributed by atoms with Gasteiger partial charge in [0.1, 0.15) is 0 Å². The standard InChI is InChI=1S/C17H12Cl2N4S/c1-10-4-2-3-5-12(10)16-20-21-17-23(16)22-15(9-24-17)11-6-7-13(18)14(19)8-11/h2-8H,9H2,1H3. The van der Waals surface area contributed by atoms with Crippen molar-refractivity contribution in [2.45, 2.75) is 12.1 Å². The zero-order valence-corrected chi connectivity index (χ0v) is 15.0. The Kier molecular flexibility index (Phi) is 4.08. The Morgan fingerprint density at radius 1 is 1.04 bits per heavy atom. The number of hydrogen-bond donors (Lipinski definition) is 0. The summed E-state index contributed by atoms with van der Waals surface area (Å²) in [6.07, 6.45) is 0. The van der Waals surface area contributed by atoms with Gasteiger partial charge >= 0.3 is 0 Å². The van der Waals surface area contributed by atoms with Gasteiger partial charge in [-0.3, -0.25) is 0 Å². The smallest absolute Gasteiger partial charge is 0.187 e.